The van der Waals surface area contributed by atoms with Crippen LogP contribution in [0.5, 0.6) is 0 Å². The number of piperidine rings is 1. The molecular formula is C17H22BrN3O2. The SMILES string of the molecule is O=C(NCCNC(=O)C1CC12CCNCC2)c1ccc(Br)cc1. The van der Waals surface area contributed by atoms with E-state index in [0.29, 0.717) is 18.7 Å². The molecule has 1 aliphatic heterocycles. The molecule has 1 aromatic rings. The number of hydrogen-bond acceptors (Lipinski definition) is 3. The monoisotopic (exact) mass is 379 g/mol. The van der Waals surface area contributed by atoms with E-state index in [1.165, 1.54) is 0 Å². The third-order valence-electron chi connectivity index (χ3n) is 4.92. The van der Waals surface area contributed by atoms with Crippen molar-refractivity contribution in [2.45, 2.75) is 19.3 Å². The molecule has 0 bridgehead atoms. The maximum Gasteiger partial charge on any atom is 0.251 e. The Labute approximate surface area is 144 Å². The smallest absolute Gasteiger partial charge is 0.251 e. The Morgan fingerprint density at radius 2 is 1.78 bits per heavy atom. The first-order valence-electron chi connectivity index (χ1n) is 8.13. The van der Waals surface area contributed by atoms with Crippen LogP contribution in [0.3, 0.4) is 0 Å². The van der Waals surface area contributed by atoms with Crippen molar-refractivity contribution in [2.24, 2.45) is 11.3 Å². The van der Waals surface area contributed by atoms with Crippen LogP contribution in [0.1, 0.15) is 29.6 Å². The Balaban J connectivity index is 1.36. The first kappa shape index (κ1) is 16.5. The van der Waals surface area contributed by atoms with Gasteiger partial charge in [-0.1, -0.05) is 15.9 Å². The fraction of sp³-hybridized carbons (Fsp3) is 0.529. The number of amides is 2. The Bertz CT molecular complexity index is 582. The molecule has 1 atom stereocenters. The molecule has 2 amide bonds. The van der Waals surface area contributed by atoms with Crippen molar-refractivity contribution in [3.8, 4) is 0 Å². The molecule has 2 aliphatic rings. The normalized spacial score (nSPS) is 21.7. The topological polar surface area (TPSA) is 70.2 Å². The summed E-state index contributed by atoms with van der Waals surface area (Å²) in [5, 5.41) is 9.12. The van der Waals surface area contributed by atoms with Gasteiger partial charge in [0.1, 0.15) is 0 Å². The van der Waals surface area contributed by atoms with Crippen molar-refractivity contribution in [3.05, 3.63) is 34.3 Å². The molecule has 1 aromatic carbocycles. The van der Waals surface area contributed by atoms with Gasteiger partial charge in [-0.15, -0.1) is 0 Å². The van der Waals surface area contributed by atoms with Gasteiger partial charge in [0.25, 0.3) is 5.91 Å². The second-order valence-electron chi connectivity index (χ2n) is 6.42. The molecule has 1 heterocycles. The van der Waals surface area contributed by atoms with Crippen molar-refractivity contribution in [1.82, 2.24) is 16.0 Å². The standard InChI is InChI=1S/C17H22BrN3O2/c18-13-3-1-12(2-4-13)15(22)20-9-10-21-16(23)14-11-17(14)5-7-19-8-6-17/h1-4,14,19H,5-11H2,(H,20,22)(H,21,23). The summed E-state index contributed by atoms with van der Waals surface area (Å²) in [5.41, 5.74) is 0.881. The summed E-state index contributed by atoms with van der Waals surface area (Å²) in [6.07, 6.45) is 3.22. The lowest BCUT2D eigenvalue weighted by molar-refractivity contribution is -0.123. The molecular weight excluding hydrogens is 358 g/mol. The molecule has 0 radical (unpaired) electrons. The van der Waals surface area contributed by atoms with Gasteiger partial charge in [0.15, 0.2) is 0 Å². The third-order valence-corrected chi connectivity index (χ3v) is 5.45. The van der Waals surface area contributed by atoms with Gasteiger partial charge in [0.2, 0.25) is 5.91 Å². The Morgan fingerprint density at radius 3 is 2.48 bits per heavy atom. The molecule has 5 nitrogen and oxygen atoms in total. The van der Waals surface area contributed by atoms with Crippen LogP contribution in [0.2, 0.25) is 0 Å². The van der Waals surface area contributed by atoms with Crippen molar-refractivity contribution < 1.29 is 9.59 Å². The molecule has 2 fully saturated rings. The molecule has 0 aromatic heterocycles. The molecule has 1 saturated heterocycles. The van der Waals surface area contributed by atoms with Gasteiger partial charge >= 0.3 is 0 Å². The Morgan fingerprint density at radius 1 is 1.13 bits per heavy atom. The number of carbonyl (C=O) groups excluding carboxylic acids is 2. The highest BCUT2D eigenvalue weighted by Gasteiger charge is 2.57. The highest BCUT2D eigenvalue weighted by molar-refractivity contribution is 9.10. The van der Waals surface area contributed by atoms with E-state index in [1.54, 1.807) is 12.1 Å². The molecule has 23 heavy (non-hydrogen) atoms. The third kappa shape index (κ3) is 3.93. The van der Waals surface area contributed by atoms with Gasteiger partial charge in [-0.2, -0.15) is 0 Å². The van der Waals surface area contributed by atoms with Gasteiger partial charge in [-0.05, 0) is 62.0 Å². The Kier molecular flexibility index (Phi) is 5.02. The number of halogens is 1. The zero-order chi connectivity index (χ0) is 16.3. The molecule has 1 unspecified atom stereocenters. The summed E-state index contributed by atoms with van der Waals surface area (Å²) in [7, 11) is 0. The van der Waals surface area contributed by atoms with Gasteiger partial charge < -0.3 is 16.0 Å². The fourth-order valence-electron chi connectivity index (χ4n) is 3.38. The van der Waals surface area contributed by atoms with Crippen LogP contribution in [-0.4, -0.2) is 38.0 Å². The van der Waals surface area contributed by atoms with E-state index in [-0.39, 0.29) is 23.1 Å². The number of nitrogens with one attached hydrogen (secondary N) is 3. The molecule has 124 valence electrons. The van der Waals surface area contributed by atoms with Crippen molar-refractivity contribution in [2.75, 3.05) is 26.2 Å². The van der Waals surface area contributed by atoms with Crippen LogP contribution in [0.25, 0.3) is 0 Å². The zero-order valence-electron chi connectivity index (χ0n) is 13.0. The van der Waals surface area contributed by atoms with E-state index in [1.807, 2.05) is 12.1 Å². The fourth-order valence-corrected chi connectivity index (χ4v) is 3.65. The van der Waals surface area contributed by atoms with E-state index < -0.39 is 0 Å². The second kappa shape index (κ2) is 7.01. The van der Waals surface area contributed by atoms with E-state index in [0.717, 1.165) is 36.8 Å². The summed E-state index contributed by atoms with van der Waals surface area (Å²) in [5.74, 6) is 0.199. The van der Waals surface area contributed by atoms with Gasteiger partial charge in [-0.3, -0.25) is 9.59 Å². The zero-order valence-corrected chi connectivity index (χ0v) is 14.6. The highest BCUT2D eigenvalue weighted by atomic mass is 79.9. The van der Waals surface area contributed by atoms with E-state index in [4.69, 9.17) is 0 Å². The Hall–Kier alpha value is -1.40. The van der Waals surface area contributed by atoms with E-state index in [2.05, 4.69) is 31.9 Å². The minimum atomic E-state index is -0.118. The van der Waals surface area contributed by atoms with Gasteiger partial charge in [-0.25, -0.2) is 0 Å². The van der Waals surface area contributed by atoms with E-state index in [9.17, 15) is 9.59 Å². The lowest BCUT2D eigenvalue weighted by Crippen LogP contribution is -2.37. The molecule has 3 N–H and O–H groups in total. The number of hydrogen-bond donors (Lipinski definition) is 3. The summed E-state index contributed by atoms with van der Waals surface area (Å²) < 4.78 is 0.942. The summed E-state index contributed by atoms with van der Waals surface area (Å²) in [6, 6.07) is 7.21. The van der Waals surface area contributed by atoms with Crippen LogP contribution in [0.4, 0.5) is 0 Å². The van der Waals surface area contributed by atoms with Crippen molar-refractivity contribution in [1.29, 1.82) is 0 Å². The van der Waals surface area contributed by atoms with Crippen LogP contribution in [0, 0.1) is 11.3 Å². The van der Waals surface area contributed by atoms with Crippen LogP contribution in [0.15, 0.2) is 28.7 Å². The largest absolute Gasteiger partial charge is 0.354 e. The summed E-state index contributed by atoms with van der Waals surface area (Å²) in [6.45, 7) is 2.97. The predicted octanol–water partition coefficient (Wildman–Crippen LogP) is 1.68. The lowest BCUT2D eigenvalue weighted by Gasteiger charge is -2.23. The molecule has 6 heteroatoms. The summed E-state index contributed by atoms with van der Waals surface area (Å²) >= 11 is 3.34. The van der Waals surface area contributed by atoms with Crippen LogP contribution >= 0.6 is 15.9 Å². The first-order valence-corrected chi connectivity index (χ1v) is 8.92. The van der Waals surface area contributed by atoms with E-state index >= 15 is 0 Å². The number of rotatable bonds is 5. The molecule has 1 spiro atoms. The highest BCUT2D eigenvalue weighted by Crippen LogP contribution is 2.58. The van der Waals surface area contributed by atoms with Gasteiger partial charge in [0.05, 0.1) is 0 Å². The minimum Gasteiger partial charge on any atom is -0.354 e. The lowest BCUT2D eigenvalue weighted by atomic mass is 9.92. The number of benzene rings is 1. The second-order valence-corrected chi connectivity index (χ2v) is 7.34. The maximum absolute atomic E-state index is 12.2. The van der Waals surface area contributed by atoms with Crippen molar-refractivity contribution >= 4 is 27.7 Å². The predicted molar refractivity (Wildman–Crippen MR) is 92.1 cm³/mol. The van der Waals surface area contributed by atoms with Crippen molar-refractivity contribution in [3.63, 3.8) is 0 Å². The van der Waals surface area contributed by atoms with Crippen LogP contribution < -0.4 is 16.0 Å². The number of carbonyl (C=O) groups is 2. The summed E-state index contributed by atoms with van der Waals surface area (Å²) in [4.78, 5) is 24.1. The van der Waals surface area contributed by atoms with Crippen LogP contribution in [-0.2, 0) is 4.79 Å². The average molecular weight is 380 g/mol. The minimum absolute atomic E-state index is 0.118. The molecule has 1 saturated carbocycles. The molecule has 1 aliphatic carbocycles. The molecule has 3 rings (SSSR count). The first-order chi connectivity index (χ1) is 11.1. The quantitative estimate of drug-likeness (QED) is 0.681. The van der Waals surface area contributed by atoms with Gasteiger partial charge in [0, 0.05) is 29.0 Å². The maximum atomic E-state index is 12.2. The average Bonchev–Trinajstić information content (AvgIpc) is 3.25.